The third kappa shape index (κ3) is 3.68. The molecule has 6 nitrogen and oxygen atoms in total. The first-order chi connectivity index (χ1) is 12.1. The molecule has 0 bridgehead atoms. The number of amides is 1. The maximum absolute atomic E-state index is 12.7. The van der Waals surface area contributed by atoms with Crippen LogP contribution in [0.3, 0.4) is 0 Å². The Balaban J connectivity index is 1.71. The molecule has 0 saturated heterocycles. The standard InChI is InChI=1S/C19H22N2O4/c1-13-12-21(15-5-4-10-20-19(15)25-13)18(22)9-7-14-6-8-16(23-2)17(11-14)24-3/h4-6,8,10-11,13H,7,9,12H2,1-3H3/t13-/m0/s1. The van der Waals surface area contributed by atoms with Crippen molar-refractivity contribution in [3.8, 4) is 17.4 Å². The number of aryl methyl sites for hydroxylation is 1. The Hall–Kier alpha value is -2.76. The van der Waals surface area contributed by atoms with Crippen molar-refractivity contribution < 1.29 is 19.0 Å². The van der Waals surface area contributed by atoms with E-state index in [4.69, 9.17) is 14.2 Å². The number of rotatable bonds is 5. The number of pyridine rings is 1. The van der Waals surface area contributed by atoms with E-state index in [1.165, 1.54) is 0 Å². The fourth-order valence-electron chi connectivity index (χ4n) is 2.92. The van der Waals surface area contributed by atoms with Crippen LogP contribution in [-0.4, -0.2) is 37.8 Å². The minimum Gasteiger partial charge on any atom is -0.493 e. The van der Waals surface area contributed by atoms with Crippen molar-refractivity contribution >= 4 is 11.6 Å². The lowest BCUT2D eigenvalue weighted by Gasteiger charge is -2.32. The van der Waals surface area contributed by atoms with Gasteiger partial charge >= 0.3 is 0 Å². The Morgan fingerprint density at radius 2 is 2.08 bits per heavy atom. The smallest absolute Gasteiger partial charge is 0.238 e. The highest BCUT2D eigenvalue weighted by molar-refractivity contribution is 5.95. The lowest BCUT2D eigenvalue weighted by molar-refractivity contribution is -0.119. The van der Waals surface area contributed by atoms with E-state index in [1.54, 1.807) is 25.3 Å². The van der Waals surface area contributed by atoms with Gasteiger partial charge in [-0.3, -0.25) is 4.79 Å². The summed E-state index contributed by atoms with van der Waals surface area (Å²) in [6.45, 7) is 2.47. The summed E-state index contributed by atoms with van der Waals surface area (Å²) in [4.78, 5) is 18.7. The molecule has 6 heteroatoms. The normalized spacial score (nSPS) is 16.0. The Kier molecular flexibility index (Phi) is 5.07. The van der Waals surface area contributed by atoms with Gasteiger partial charge in [-0.15, -0.1) is 0 Å². The second-order valence-electron chi connectivity index (χ2n) is 5.95. The highest BCUT2D eigenvalue weighted by Gasteiger charge is 2.28. The molecule has 0 spiro atoms. The Morgan fingerprint density at radius 3 is 2.84 bits per heavy atom. The summed E-state index contributed by atoms with van der Waals surface area (Å²) in [5.41, 5.74) is 1.76. The quantitative estimate of drug-likeness (QED) is 0.836. The van der Waals surface area contributed by atoms with Gasteiger partial charge in [-0.2, -0.15) is 0 Å². The van der Waals surface area contributed by atoms with Crippen LogP contribution in [0.2, 0.25) is 0 Å². The molecule has 1 aliphatic heterocycles. The summed E-state index contributed by atoms with van der Waals surface area (Å²) >= 11 is 0. The molecule has 1 atom stereocenters. The van der Waals surface area contributed by atoms with Crippen molar-refractivity contribution in [3.63, 3.8) is 0 Å². The van der Waals surface area contributed by atoms with E-state index in [1.807, 2.05) is 37.3 Å². The topological polar surface area (TPSA) is 60.9 Å². The summed E-state index contributed by atoms with van der Waals surface area (Å²) in [5.74, 6) is 1.92. The molecule has 0 fully saturated rings. The number of hydrogen-bond donors (Lipinski definition) is 0. The maximum Gasteiger partial charge on any atom is 0.238 e. The second kappa shape index (κ2) is 7.42. The minimum absolute atomic E-state index is 0.0548. The van der Waals surface area contributed by atoms with Crippen LogP contribution in [0, 0.1) is 0 Å². The van der Waals surface area contributed by atoms with Crippen LogP contribution in [0.5, 0.6) is 17.4 Å². The molecule has 2 heterocycles. The van der Waals surface area contributed by atoms with Gasteiger partial charge in [-0.1, -0.05) is 6.07 Å². The van der Waals surface area contributed by atoms with Crippen LogP contribution >= 0.6 is 0 Å². The summed E-state index contributed by atoms with van der Waals surface area (Å²) in [6.07, 6.45) is 2.62. The number of nitrogens with zero attached hydrogens (tertiary/aromatic N) is 2. The van der Waals surface area contributed by atoms with E-state index in [0.717, 1.165) is 11.3 Å². The van der Waals surface area contributed by atoms with Gasteiger partial charge in [-0.05, 0) is 43.2 Å². The highest BCUT2D eigenvalue weighted by Crippen LogP contribution is 2.32. The molecule has 2 aromatic rings. The zero-order chi connectivity index (χ0) is 17.8. The molecule has 132 valence electrons. The molecule has 0 unspecified atom stereocenters. The van der Waals surface area contributed by atoms with Gasteiger partial charge < -0.3 is 19.1 Å². The van der Waals surface area contributed by atoms with Gasteiger partial charge in [0.2, 0.25) is 11.8 Å². The maximum atomic E-state index is 12.7. The lowest BCUT2D eigenvalue weighted by atomic mass is 10.1. The summed E-state index contributed by atoms with van der Waals surface area (Å²) in [5, 5.41) is 0. The number of benzene rings is 1. The first kappa shape index (κ1) is 17.1. The minimum atomic E-state index is -0.0765. The predicted octanol–water partition coefficient (Wildman–Crippen LogP) is 2.85. The molecule has 1 aromatic heterocycles. The highest BCUT2D eigenvalue weighted by atomic mass is 16.5. The number of methoxy groups -OCH3 is 2. The van der Waals surface area contributed by atoms with E-state index in [-0.39, 0.29) is 12.0 Å². The number of anilines is 1. The molecule has 3 rings (SSSR count). The average molecular weight is 342 g/mol. The van der Waals surface area contributed by atoms with E-state index in [0.29, 0.717) is 36.8 Å². The molecule has 1 amide bonds. The molecule has 0 N–H and O–H groups in total. The molecular formula is C19H22N2O4. The van der Waals surface area contributed by atoms with Crippen LogP contribution < -0.4 is 19.1 Å². The summed E-state index contributed by atoms with van der Waals surface area (Å²) in [6, 6.07) is 9.39. The SMILES string of the molecule is COc1ccc(CCC(=O)N2C[C@H](C)Oc3ncccc32)cc1OC. The van der Waals surface area contributed by atoms with Gasteiger partial charge in [0.1, 0.15) is 11.8 Å². The number of aromatic nitrogens is 1. The number of fused-ring (bicyclic) bond motifs is 1. The fourth-order valence-corrected chi connectivity index (χ4v) is 2.92. The van der Waals surface area contributed by atoms with Crippen LogP contribution in [0.1, 0.15) is 18.9 Å². The molecule has 0 aliphatic carbocycles. The van der Waals surface area contributed by atoms with Crippen LogP contribution in [0.4, 0.5) is 5.69 Å². The first-order valence-corrected chi connectivity index (χ1v) is 8.25. The first-order valence-electron chi connectivity index (χ1n) is 8.25. The van der Waals surface area contributed by atoms with Crippen LogP contribution in [0.25, 0.3) is 0 Å². The molecule has 25 heavy (non-hydrogen) atoms. The zero-order valence-corrected chi connectivity index (χ0v) is 14.7. The molecule has 1 aromatic carbocycles. The van der Waals surface area contributed by atoms with Crippen molar-refractivity contribution in [1.82, 2.24) is 4.98 Å². The van der Waals surface area contributed by atoms with Gasteiger partial charge in [0, 0.05) is 12.6 Å². The van der Waals surface area contributed by atoms with E-state index >= 15 is 0 Å². The number of ether oxygens (including phenoxy) is 3. The van der Waals surface area contributed by atoms with E-state index < -0.39 is 0 Å². The van der Waals surface area contributed by atoms with Gasteiger partial charge in [-0.25, -0.2) is 4.98 Å². The molecular weight excluding hydrogens is 320 g/mol. The third-order valence-corrected chi connectivity index (χ3v) is 4.17. The number of carbonyl (C=O) groups is 1. The summed E-state index contributed by atoms with van der Waals surface area (Å²) < 4.78 is 16.3. The monoisotopic (exact) mass is 342 g/mol. The summed E-state index contributed by atoms with van der Waals surface area (Å²) in [7, 11) is 3.21. The zero-order valence-electron chi connectivity index (χ0n) is 14.7. The van der Waals surface area contributed by atoms with Crippen molar-refractivity contribution in [2.45, 2.75) is 25.9 Å². The molecule has 0 radical (unpaired) electrons. The Morgan fingerprint density at radius 1 is 1.28 bits per heavy atom. The number of hydrogen-bond acceptors (Lipinski definition) is 5. The Labute approximate surface area is 147 Å². The Bertz CT molecular complexity index is 763. The van der Waals surface area contributed by atoms with Gasteiger partial charge in [0.15, 0.2) is 11.5 Å². The van der Waals surface area contributed by atoms with Crippen molar-refractivity contribution in [2.75, 3.05) is 25.7 Å². The van der Waals surface area contributed by atoms with Crippen molar-refractivity contribution in [3.05, 3.63) is 42.1 Å². The van der Waals surface area contributed by atoms with E-state index in [2.05, 4.69) is 4.98 Å². The van der Waals surface area contributed by atoms with Crippen LogP contribution in [-0.2, 0) is 11.2 Å². The average Bonchev–Trinajstić information content (AvgIpc) is 2.65. The van der Waals surface area contributed by atoms with E-state index in [9.17, 15) is 4.79 Å². The van der Waals surface area contributed by atoms with Crippen molar-refractivity contribution in [1.29, 1.82) is 0 Å². The number of carbonyl (C=O) groups excluding carboxylic acids is 1. The van der Waals surface area contributed by atoms with Crippen molar-refractivity contribution in [2.24, 2.45) is 0 Å². The second-order valence-corrected chi connectivity index (χ2v) is 5.95. The fraction of sp³-hybridized carbons (Fsp3) is 0.368. The predicted molar refractivity (Wildman–Crippen MR) is 94.5 cm³/mol. The third-order valence-electron chi connectivity index (χ3n) is 4.17. The van der Waals surface area contributed by atoms with Crippen LogP contribution in [0.15, 0.2) is 36.5 Å². The largest absolute Gasteiger partial charge is 0.493 e. The lowest BCUT2D eigenvalue weighted by Crippen LogP contribution is -2.42. The van der Waals surface area contributed by atoms with Gasteiger partial charge in [0.25, 0.3) is 0 Å². The molecule has 1 aliphatic rings. The van der Waals surface area contributed by atoms with Gasteiger partial charge in [0.05, 0.1) is 20.8 Å². The molecule has 0 saturated carbocycles.